The summed E-state index contributed by atoms with van der Waals surface area (Å²) in [6.45, 7) is 8.03. The first-order valence-electron chi connectivity index (χ1n) is 9.36. The second kappa shape index (κ2) is 7.60. The van der Waals surface area contributed by atoms with Gasteiger partial charge in [0.15, 0.2) is 0 Å². The fourth-order valence-electron chi connectivity index (χ4n) is 3.57. The van der Waals surface area contributed by atoms with Gasteiger partial charge in [0.1, 0.15) is 5.70 Å². The highest BCUT2D eigenvalue weighted by molar-refractivity contribution is 6.45. The fourth-order valence-corrected chi connectivity index (χ4v) is 3.57. The van der Waals surface area contributed by atoms with Crippen LogP contribution in [0.3, 0.4) is 0 Å². The van der Waals surface area contributed by atoms with Crippen molar-refractivity contribution in [3.63, 3.8) is 0 Å². The lowest BCUT2D eigenvalue weighted by Gasteiger charge is -2.21. The van der Waals surface area contributed by atoms with E-state index in [4.69, 9.17) is 0 Å². The molecule has 1 aliphatic heterocycles. The van der Waals surface area contributed by atoms with E-state index < -0.39 is 0 Å². The molecule has 1 heterocycles. The number of benzene rings is 2. The third-order valence-corrected chi connectivity index (χ3v) is 5.27. The summed E-state index contributed by atoms with van der Waals surface area (Å²) in [5, 5.41) is 9.37. The first-order valence-corrected chi connectivity index (χ1v) is 9.36. The number of amides is 2. The number of rotatable bonds is 5. The van der Waals surface area contributed by atoms with E-state index in [1.54, 1.807) is 11.9 Å². The molecular formula is C23H26N2O3. The third-order valence-electron chi connectivity index (χ3n) is 5.27. The van der Waals surface area contributed by atoms with Crippen LogP contribution in [0.15, 0.2) is 42.1 Å². The van der Waals surface area contributed by atoms with Crippen LogP contribution in [0.1, 0.15) is 27.8 Å². The Hall–Kier alpha value is -2.92. The van der Waals surface area contributed by atoms with Crippen molar-refractivity contribution >= 4 is 23.1 Å². The molecule has 0 saturated carbocycles. The average Bonchev–Trinajstić information content (AvgIpc) is 2.89. The van der Waals surface area contributed by atoms with Gasteiger partial charge < -0.3 is 10.0 Å². The Morgan fingerprint density at radius 3 is 2.21 bits per heavy atom. The SMILES string of the molecule is Cc1ccc(N2C(=O)C(c3ccc(C)c(C)c3)=C(N(C)CCO)C2=O)c(C)c1. The van der Waals surface area contributed by atoms with Crippen molar-refractivity contribution in [2.45, 2.75) is 27.7 Å². The molecule has 5 nitrogen and oxygen atoms in total. The van der Waals surface area contributed by atoms with Crippen LogP contribution in [0.5, 0.6) is 0 Å². The van der Waals surface area contributed by atoms with Crippen LogP contribution in [-0.2, 0) is 9.59 Å². The highest BCUT2D eigenvalue weighted by atomic mass is 16.3. The smallest absolute Gasteiger partial charge is 0.282 e. The fraction of sp³-hybridized carbons (Fsp3) is 0.304. The maximum absolute atomic E-state index is 13.4. The number of imide groups is 1. The van der Waals surface area contributed by atoms with E-state index >= 15 is 0 Å². The number of likely N-dealkylation sites (N-methyl/N-ethyl adjacent to an activating group) is 1. The largest absolute Gasteiger partial charge is 0.395 e. The second-order valence-electron chi connectivity index (χ2n) is 7.40. The van der Waals surface area contributed by atoms with E-state index in [1.807, 2.05) is 64.1 Å². The number of hydrogen-bond acceptors (Lipinski definition) is 4. The summed E-state index contributed by atoms with van der Waals surface area (Å²) in [5.74, 6) is -0.693. The van der Waals surface area contributed by atoms with Gasteiger partial charge in [-0.25, -0.2) is 4.90 Å². The molecule has 146 valence electrons. The van der Waals surface area contributed by atoms with Gasteiger partial charge >= 0.3 is 0 Å². The van der Waals surface area contributed by atoms with Gasteiger partial charge in [0.05, 0.1) is 17.9 Å². The Morgan fingerprint density at radius 2 is 1.61 bits per heavy atom. The number of carbonyl (C=O) groups is 2. The number of anilines is 1. The number of carbonyl (C=O) groups excluding carboxylic acids is 2. The first kappa shape index (κ1) is 19.8. The zero-order chi connectivity index (χ0) is 20.6. The Bertz CT molecular complexity index is 991. The Balaban J connectivity index is 2.17. The molecule has 3 rings (SSSR count). The summed E-state index contributed by atoms with van der Waals surface area (Å²) in [6, 6.07) is 11.4. The van der Waals surface area contributed by atoms with Gasteiger partial charge in [0.25, 0.3) is 11.8 Å². The third kappa shape index (κ3) is 3.34. The van der Waals surface area contributed by atoms with Gasteiger partial charge in [-0.15, -0.1) is 0 Å². The average molecular weight is 378 g/mol. The molecule has 0 atom stereocenters. The van der Waals surface area contributed by atoms with Crippen molar-refractivity contribution in [1.82, 2.24) is 4.90 Å². The quantitative estimate of drug-likeness (QED) is 0.812. The molecule has 0 unspecified atom stereocenters. The van der Waals surface area contributed by atoms with Gasteiger partial charge in [0, 0.05) is 13.6 Å². The Kier molecular flexibility index (Phi) is 5.38. The lowest BCUT2D eigenvalue weighted by molar-refractivity contribution is -0.120. The maximum Gasteiger partial charge on any atom is 0.282 e. The standard InChI is InChI=1S/C23H26N2O3/c1-14-6-9-19(17(4)12-14)25-22(27)20(18-8-7-15(2)16(3)13-18)21(23(25)28)24(5)10-11-26/h6-9,12-13,26H,10-11H2,1-5H3. The minimum Gasteiger partial charge on any atom is -0.395 e. The van der Waals surface area contributed by atoms with Crippen molar-refractivity contribution in [1.29, 1.82) is 0 Å². The first-order chi connectivity index (χ1) is 13.3. The molecule has 0 bridgehead atoms. The highest BCUT2D eigenvalue weighted by Crippen LogP contribution is 2.36. The van der Waals surface area contributed by atoms with Gasteiger partial charge in [-0.05, 0) is 56.0 Å². The van der Waals surface area contributed by atoms with Crippen molar-refractivity contribution in [2.75, 3.05) is 25.1 Å². The summed E-state index contributed by atoms with van der Waals surface area (Å²) in [4.78, 5) is 29.7. The molecule has 0 aliphatic carbocycles. The van der Waals surface area contributed by atoms with Gasteiger partial charge in [0.2, 0.25) is 0 Å². The predicted molar refractivity (Wildman–Crippen MR) is 111 cm³/mol. The zero-order valence-corrected chi connectivity index (χ0v) is 17.0. The number of aliphatic hydroxyl groups is 1. The summed E-state index contributed by atoms with van der Waals surface area (Å²) in [7, 11) is 1.73. The van der Waals surface area contributed by atoms with Crippen LogP contribution in [0.25, 0.3) is 5.57 Å². The summed E-state index contributed by atoms with van der Waals surface area (Å²) >= 11 is 0. The van der Waals surface area contributed by atoms with Crippen molar-refractivity contribution < 1.29 is 14.7 Å². The normalized spacial score (nSPS) is 14.3. The van der Waals surface area contributed by atoms with E-state index in [0.717, 1.165) is 22.3 Å². The number of nitrogens with zero attached hydrogens (tertiary/aromatic N) is 2. The van der Waals surface area contributed by atoms with Crippen molar-refractivity contribution in [3.05, 3.63) is 69.9 Å². The van der Waals surface area contributed by atoms with E-state index in [1.165, 1.54) is 4.90 Å². The molecule has 2 aromatic rings. The van der Waals surface area contributed by atoms with Crippen LogP contribution < -0.4 is 4.90 Å². The Morgan fingerprint density at radius 1 is 0.893 bits per heavy atom. The van der Waals surface area contributed by atoms with E-state index in [2.05, 4.69) is 0 Å². The minimum atomic E-state index is -0.360. The monoisotopic (exact) mass is 378 g/mol. The van der Waals surface area contributed by atoms with Crippen LogP contribution >= 0.6 is 0 Å². The molecule has 0 aromatic heterocycles. The number of aliphatic hydroxyl groups excluding tert-OH is 1. The lowest BCUT2D eigenvalue weighted by atomic mass is 9.99. The summed E-state index contributed by atoms with van der Waals surface area (Å²) < 4.78 is 0. The van der Waals surface area contributed by atoms with Gasteiger partial charge in [-0.2, -0.15) is 0 Å². The maximum atomic E-state index is 13.4. The van der Waals surface area contributed by atoms with Gasteiger partial charge in [-0.1, -0.05) is 35.9 Å². The number of hydrogen-bond donors (Lipinski definition) is 1. The van der Waals surface area contributed by atoms with Crippen molar-refractivity contribution in [3.8, 4) is 0 Å². The molecular weight excluding hydrogens is 352 g/mol. The molecule has 1 aliphatic rings. The topological polar surface area (TPSA) is 60.9 Å². The zero-order valence-electron chi connectivity index (χ0n) is 17.0. The number of aryl methyl sites for hydroxylation is 4. The van der Waals surface area contributed by atoms with Crippen molar-refractivity contribution in [2.24, 2.45) is 0 Å². The Labute approximate surface area is 165 Å². The second-order valence-corrected chi connectivity index (χ2v) is 7.40. The minimum absolute atomic E-state index is 0.106. The summed E-state index contributed by atoms with van der Waals surface area (Å²) in [6.07, 6.45) is 0. The summed E-state index contributed by atoms with van der Waals surface area (Å²) in [5.41, 5.74) is 6.12. The predicted octanol–water partition coefficient (Wildman–Crippen LogP) is 3.13. The van der Waals surface area contributed by atoms with Gasteiger partial charge in [-0.3, -0.25) is 9.59 Å². The van der Waals surface area contributed by atoms with Crippen LogP contribution in [0, 0.1) is 27.7 Å². The molecule has 2 amide bonds. The lowest BCUT2D eigenvalue weighted by Crippen LogP contribution is -2.35. The molecule has 0 radical (unpaired) electrons. The molecule has 2 aromatic carbocycles. The van der Waals surface area contributed by atoms with E-state index in [-0.39, 0.29) is 25.0 Å². The molecule has 0 spiro atoms. The molecule has 0 saturated heterocycles. The van der Waals surface area contributed by atoms with Crippen LogP contribution in [-0.4, -0.2) is 42.0 Å². The van der Waals surface area contributed by atoms with E-state index in [9.17, 15) is 14.7 Å². The van der Waals surface area contributed by atoms with E-state index in [0.29, 0.717) is 22.5 Å². The van der Waals surface area contributed by atoms with Crippen LogP contribution in [0.2, 0.25) is 0 Å². The molecule has 0 fully saturated rings. The highest BCUT2D eigenvalue weighted by Gasteiger charge is 2.42. The molecule has 1 N–H and O–H groups in total. The van der Waals surface area contributed by atoms with Crippen LogP contribution in [0.4, 0.5) is 5.69 Å². The molecule has 5 heteroatoms. The molecule has 28 heavy (non-hydrogen) atoms.